The fourth-order valence-electron chi connectivity index (χ4n) is 3.70. The van der Waals surface area contributed by atoms with E-state index in [4.69, 9.17) is 5.26 Å². The van der Waals surface area contributed by atoms with Crippen LogP contribution in [-0.4, -0.2) is 42.9 Å². The number of likely N-dealkylation sites (N-methyl/N-ethyl adjacent to an activating group) is 1. The number of carbonyl (C=O) groups is 1. The zero-order valence-corrected chi connectivity index (χ0v) is 16.9. The summed E-state index contributed by atoms with van der Waals surface area (Å²) in [5.74, 6) is 0.155. The zero-order chi connectivity index (χ0) is 19.9. The van der Waals surface area contributed by atoms with Gasteiger partial charge in [0.25, 0.3) is 0 Å². The Hall–Kier alpha value is -2.64. The fourth-order valence-corrected chi connectivity index (χ4v) is 3.70. The first kappa shape index (κ1) is 20.1. The molecule has 1 aliphatic carbocycles. The molecule has 0 aliphatic heterocycles. The third-order valence-electron chi connectivity index (χ3n) is 5.39. The van der Waals surface area contributed by atoms with Crippen molar-refractivity contribution in [2.75, 3.05) is 27.2 Å². The lowest BCUT2D eigenvalue weighted by Gasteiger charge is -2.25. The number of carbonyl (C=O) groups excluding carboxylic acids is 1. The number of nitriles is 1. The van der Waals surface area contributed by atoms with Gasteiger partial charge in [0, 0.05) is 19.6 Å². The Morgan fingerprint density at radius 2 is 1.64 bits per heavy atom. The summed E-state index contributed by atoms with van der Waals surface area (Å²) in [6.45, 7) is 2.09. The van der Waals surface area contributed by atoms with Crippen LogP contribution in [0.4, 0.5) is 0 Å². The lowest BCUT2D eigenvalue weighted by atomic mass is 9.90. The maximum absolute atomic E-state index is 13.1. The molecule has 1 amide bonds. The predicted octanol–water partition coefficient (Wildman–Crippen LogP) is 3.57. The largest absolute Gasteiger partial charge is 0.337 e. The van der Waals surface area contributed by atoms with E-state index in [1.165, 1.54) is 24.0 Å². The number of rotatable bonds is 7. The second-order valence-electron chi connectivity index (χ2n) is 7.91. The maximum Gasteiger partial charge on any atom is 0.227 e. The number of benzene rings is 2. The molecule has 4 nitrogen and oxygen atoms in total. The molecule has 0 fully saturated rings. The van der Waals surface area contributed by atoms with Gasteiger partial charge in [0.05, 0.1) is 18.1 Å². The first-order chi connectivity index (χ1) is 13.5. The molecule has 0 atom stereocenters. The van der Waals surface area contributed by atoms with Gasteiger partial charge < -0.3 is 9.80 Å². The molecular formula is C24H29N3O. The molecule has 0 bridgehead atoms. The highest BCUT2D eigenvalue weighted by Gasteiger charge is 2.17. The van der Waals surface area contributed by atoms with E-state index in [1.54, 1.807) is 0 Å². The van der Waals surface area contributed by atoms with E-state index < -0.39 is 0 Å². The molecular weight excluding hydrogens is 346 g/mol. The molecule has 1 aliphatic rings. The van der Waals surface area contributed by atoms with Crippen molar-refractivity contribution in [1.82, 2.24) is 9.80 Å². The first-order valence-electron chi connectivity index (χ1n) is 10.1. The van der Waals surface area contributed by atoms with Crippen molar-refractivity contribution in [3.63, 3.8) is 0 Å². The SMILES string of the molecule is CN(C)CCN(Cc1ccc(C#N)cc1)C(=O)Cc1ccc2c(c1)CCCC2. The summed E-state index contributed by atoms with van der Waals surface area (Å²) < 4.78 is 0. The monoisotopic (exact) mass is 375 g/mol. The lowest BCUT2D eigenvalue weighted by Crippen LogP contribution is -2.37. The molecule has 0 N–H and O–H groups in total. The van der Waals surface area contributed by atoms with Crippen LogP contribution in [-0.2, 0) is 30.6 Å². The molecule has 3 rings (SSSR count). The average Bonchev–Trinajstić information content (AvgIpc) is 2.71. The van der Waals surface area contributed by atoms with Gasteiger partial charge in [-0.15, -0.1) is 0 Å². The highest BCUT2D eigenvalue weighted by Crippen LogP contribution is 2.22. The van der Waals surface area contributed by atoms with Crippen molar-refractivity contribution in [3.05, 3.63) is 70.3 Å². The second kappa shape index (κ2) is 9.52. The van der Waals surface area contributed by atoms with Gasteiger partial charge in [-0.1, -0.05) is 30.3 Å². The molecule has 0 spiro atoms. The van der Waals surface area contributed by atoms with E-state index in [9.17, 15) is 4.79 Å². The van der Waals surface area contributed by atoms with Gasteiger partial charge in [-0.3, -0.25) is 4.79 Å². The highest BCUT2D eigenvalue weighted by molar-refractivity contribution is 5.79. The van der Waals surface area contributed by atoms with Crippen molar-refractivity contribution in [3.8, 4) is 6.07 Å². The van der Waals surface area contributed by atoms with E-state index in [2.05, 4.69) is 29.2 Å². The van der Waals surface area contributed by atoms with Gasteiger partial charge in [0.2, 0.25) is 5.91 Å². The van der Waals surface area contributed by atoms with Crippen LogP contribution in [0.2, 0.25) is 0 Å². The molecule has 146 valence electrons. The Morgan fingerprint density at radius 1 is 0.964 bits per heavy atom. The van der Waals surface area contributed by atoms with Gasteiger partial charge in [0.1, 0.15) is 0 Å². The minimum Gasteiger partial charge on any atom is -0.337 e. The number of nitrogens with zero attached hydrogens (tertiary/aromatic N) is 3. The van der Waals surface area contributed by atoms with Crippen LogP contribution in [0.5, 0.6) is 0 Å². The first-order valence-corrected chi connectivity index (χ1v) is 10.1. The number of amides is 1. The topological polar surface area (TPSA) is 47.3 Å². The molecule has 2 aromatic rings. The number of hydrogen-bond donors (Lipinski definition) is 0. The number of fused-ring (bicyclic) bond motifs is 1. The highest BCUT2D eigenvalue weighted by atomic mass is 16.2. The standard InChI is InChI=1S/C24H29N3O/c1-26(2)13-14-27(18-20-9-7-19(17-25)8-10-20)24(28)16-21-11-12-22-5-3-4-6-23(22)15-21/h7-12,15H,3-6,13-14,16,18H2,1-2H3. The van der Waals surface area contributed by atoms with Gasteiger partial charge in [-0.25, -0.2) is 0 Å². The summed E-state index contributed by atoms with van der Waals surface area (Å²) in [6.07, 6.45) is 5.26. The van der Waals surface area contributed by atoms with Crippen LogP contribution in [0, 0.1) is 11.3 Å². The van der Waals surface area contributed by atoms with Gasteiger partial charge in [-0.2, -0.15) is 5.26 Å². The van der Waals surface area contributed by atoms with Crippen molar-refractivity contribution >= 4 is 5.91 Å². The summed E-state index contributed by atoms with van der Waals surface area (Å²) in [5.41, 5.74) is 5.67. The third kappa shape index (κ3) is 5.43. The third-order valence-corrected chi connectivity index (χ3v) is 5.39. The quantitative estimate of drug-likeness (QED) is 0.743. The van der Waals surface area contributed by atoms with Crippen molar-refractivity contribution in [1.29, 1.82) is 5.26 Å². The van der Waals surface area contributed by atoms with E-state index in [1.807, 2.05) is 43.3 Å². The van der Waals surface area contributed by atoms with E-state index in [0.717, 1.165) is 30.5 Å². The van der Waals surface area contributed by atoms with E-state index >= 15 is 0 Å². The van der Waals surface area contributed by atoms with E-state index in [-0.39, 0.29) is 5.91 Å². The van der Waals surface area contributed by atoms with Gasteiger partial charge in [-0.05, 0) is 74.2 Å². The smallest absolute Gasteiger partial charge is 0.227 e. The van der Waals surface area contributed by atoms with Crippen LogP contribution < -0.4 is 0 Å². The van der Waals surface area contributed by atoms with Gasteiger partial charge in [0.15, 0.2) is 0 Å². The Morgan fingerprint density at radius 3 is 2.32 bits per heavy atom. The predicted molar refractivity (Wildman–Crippen MR) is 112 cm³/mol. The Bertz CT molecular complexity index is 849. The minimum atomic E-state index is 0.155. The summed E-state index contributed by atoms with van der Waals surface area (Å²) in [5, 5.41) is 8.97. The van der Waals surface area contributed by atoms with Crippen LogP contribution in [0.25, 0.3) is 0 Å². The van der Waals surface area contributed by atoms with Crippen LogP contribution in [0.3, 0.4) is 0 Å². The molecule has 0 radical (unpaired) electrons. The molecule has 2 aromatic carbocycles. The molecule has 0 saturated heterocycles. The Kier molecular flexibility index (Phi) is 6.84. The molecule has 28 heavy (non-hydrogen) atoms. The normalized spacial score (nSPS) is 13.1. The van der Waals surface area contributed by atoms with Crippen molar-refractivity contribution < 1.29 is 4.79 Å². The summed E-state index contributed by atoms with van der Waals surface area (Å²) >= 11 is 0. The van der Waals surface area contributed by atoms with E-state index in [0.29, 0.717) is 25.1 Å². The Balaban J connectivity index is 1.71. The summed E-state index contributed by atoms with van der Waals surface area (Å²) in [4.78, 5) is 17.1. The molecule has 0 heterocycles. The summed E-state index contributed by atoms with van der Waals surface area (Å²) in [7, 11) is 4.04. The van der Waals surface area contributed by atoms with Crippen LogP contribution in [0.15, 0.2) is 42.5 Å². The maximum atomic E-state index is 13.1. The second-order valence-corrected chi connectivity index (χ2v) is 7.91. The Labute approximate surface area is 168 Å². The number of hydrogen-bond acceptors (Lipinski definition) is 3. The molecule has 0 unspecified atom stereocenters. The zero-order valence-electron chi connectivity index (χ0n) is 16.9. The lowest BCUT2D eigenvalue weighted by molar-refractivity contribution is -0.131. The number of aryl methyl sites for hydroxylation is 2. The molecule has 0 saturated carbocycles. The fraction of sp³-hybridized carbons (Fsp3) is 0.417. The van der Waals surface area contributed by atoms with Crippen LogP contribution >= 0.6 is 0 Å². The van der Waals surface area contributed by atoms with Crippen LogP contribution in [0.1, 0.15) is 40.7 Å². The average molecular weight is 376 g/mol. The molecule has 0 aromatic heterocycles. The van der Waals surface area contributed by atoms with Gasteiger partial charge >= 0.3 is 0 Å². The van der Waals surface area contributed by atoms with Crippen molar-refractivity contribution in [2.45, 2.75) is 38.6 Å². The van der Waals surface area contributed by atoms with Crippen molar-refractivity contribution in [2.24, 2.45) is 0 Å². The minimum absolute atomic E-state index is 0.155. The molecule has 4 heteroatoms. The summed E-state index contributed by atoms with van der Waals surface area (Å²) in [6, 6.07) is 16.2.